The van der Waals surface area contributed by atoms with Crippen LogP contribution in [0.15, 0.2) is 78.1 Å². The molecule has 2 heterocycles. The van der Waals surface area contributed by atoms with Crippen molar-refractivity contribution in [2.75, 3.05) is 0 Å². The van der Waals surface area contributed by atoms with E-state index in [0.717, 1.165) is 30.3 Å². The van der Waals surface area contributed by atoms with Crippen LogP contribution in [0, 0.1) is 0 Å². The lowest BCUT2D eigenvalue weighted by atomic mass is 9.97. The summed E-state index contributed by atoms with van der Waals surface area (Å²) in [6.07, 6.45) is 0. The summed E-state index contributed by atoms with van der Waals surface area (Å²) < 4.78 is 7.50. The lowest BCUT2D eigenvalue weighted by Crippen LogP contribution is -2.05. The summed E-state index contributed by atoms with van der Waals surface area (Å²) in [7, 11) is 0. The third-order valence-electron chi connectivity index (χ3n) is 3.77. The Balaban J connectivity index is 2.16. The fourth-order valence-electron chi connectivity index (χ4n) is 2.73. The predicted molar refractivity (Wildman–Crippen MR) is 107 cm³/mol. The van der Waals surface area contributed by atoms with Crippen LogP contribution in [0.1, 0.15) is 0 Å². The van der Waals surface area contributed by atoms with Crippen LogP contribution in [0.25, 0.3) is 32.5 Å². The number of halogens is 2. The van der Waals surface area contributed by atoms with E-state index < -0.39 is 0 Å². The van der Waals surface area contributed by atoms with Crippen molar-refractivity contribution >= 4 is 54.2 Å². The van der Waals surface area contributed by atoms with Crippen LogP contribution in [0.3, 0.4) is 0 Å². The summed E-state index contributed by atoms with van der Waals surface area (Å²) in [5, 5.41) is 2.93. The molecule has 4 rings (SSSR count). The van der Waals surface area contributed by atoms with Gasteiger partial charge in [0, 0.05) is 24.8 Å². The Morgan fingerprint density at radius 2 is 1.62 bits per heavy atom. The van der Waals surface area contributed by atoms with E-state index in [-0.39, 0.29) is 5.63 Å². The van der Waals surface area contributed by atoms with Gasteiger partial charge in [0.15, 0.2) is 0 Å². The minimum Gasteiger partial charge on any atom is -0.422 e. The van der Waals surface area contributed by atoms with Crippen molar-refractivity contribution in [2.24, 2.45) is 0 Å². The number of rotatable bonds is 2. The maximum absolute atomic E-state index is 12.7. The molecular formula is C19H10Br2O2S. The molecule has 0 saturated heterocycles. The lowest BCUT2D eigenvalue weighted by molar-refractivity contribution is 0.564. The highest BCUT2D eigenvalue weighted by atomic mass is 79.9. The zero-order valence-corrected chi connectivity index (χ0v) is 16.2. The van der Waals surface area contributed by atoms with E-state index >= 15 is 0 Å². The van der Waals surface area contributed by atoms with Gasteiger partial charge in [0.1, 0.15) is 5.58 Å². The van der Waals surface area contributed by atoms with Crippen LogP contribution in [-0.2, 0) is 0 Å². The molecule has 24 heavy (non-hydrogen) atoms. The Morgan fingerprint density at radius 3 is 2.33 bits per heavy atom. The first kappa shape index (κ1) is 15.8. The molecule has 2 aromatic carbocycles. The first-order chi connectivity index (χ1) is 11.6. The maximum atomic E-state index is 12.7. The molecule has 118 valence electrons. The highest BCUT2D eigenvalue weighted by Crippen LogP contribution is 2.39. The minimum atomic E-state index is -0.324. The van der Waals surface area contributed by atoms with Crippen LogP contribution in [0.5, 0.6) is 0 Å². The van der Waals surface area contributed by atoms with Crippen LogP contribution < -0.4 is 5.63 Å². The van der Waals surface area contributed by atoms with E-state index in [2.05, 4.69) is 31.9 Å². The number of thiophene rings is 1. The molecule has 0 aliphatic rings. The number of fused-ring (bicyclic) bond motifs is 1. The van der Waals surface area contributed by atoms with Gasteiger partial charge in [-0.3, -0.25) is 0 Å². The Bertz CT molecular complexity index is 1080. The molecule has 0 unspecified atom stereocenters. The molecular weight excluding hydrogens is 452 g/mol. The average Bonchev–Trinajstić information content (AvgIpc) is 3.09. The second-order valence-corrected chi connectivity index (χ2v) is 8.04. The monoisotopic (exact) mass is 460 g/mol. The Hall–Kier alpha value is -1.69. The van der Waals surface area contributed by atoms with Crippen molar-refractivity contribution in [1.82, 2.24) is 0 Å². The topological polar surface area (TPSA) is 30.2 Å². The molecule has 0 radical (unpaired) electrons. The summed E-state index contributed by atoms with van der Waals surface area (Å²) in [5.41, 5.74) is 2.62. The fraction of sp³-hybridized carbons (Fsp3) is 0. The fourth-order valence-corrected chi connectivity index (χ4v) is 4.15. The summed E-state index contributed by atoms with van der Waals surface area (Å²) in [4.78, 5) is 13.8. The quantitative estimate of drug-likeness (QED) is 0.310. The van der Waals surface area contributed by atoms with Crippen LogP contribution in [0.2, 0.25) is 0 Å². The van der Waals surface area contributed by atoms with Crippen LogP contribution in [0.4, 0.5) is 0 Å². The molecule has 0 aliphatic heterocycles. The second kappa shape index (κ2) is 6.31. The van der Waals surface area contributed by atoms with E-state index in [9.17, 15) is 4.79 Å². The number of benzene rings is 2. The number of hydrogen-bond acceptors (Lipinski definition) is 3. The molecule has 0 bridgehead atoms. The van der Waals surface area contributed by atoms with E-state index in [1.165, 1.54) is 0 Å². The zero-order chi connectivity index (χ0) is 16.7. The molecule has 0 aliphatic carbocycles. The standard InChI is InChI=1S/C19H10Br2O2S/c20-12-5-3-11(4-6-12)17-18(16-2-1-9-24-16)14-10-13(21)7-8-15(14)23-19(17)22/h1-10H. The maximum Gasteiger partial charge on any atom is 0.344 e. The number of hydrogen-bond donors (Lipinski definition) is 0. The van der Waals surface area contributed by atoms with Gasteiger partial charge in [0.25, 0.3) is 0 Å². The van der Waals surface area contributed by atoms with E-state index in [1.807, 2.05) is 60.0 Å². The molecule has 0 amide bonds. The van der Waals surface area contributed by atoms with E-state index in [4.69, 9.17) is 4.42 Å². The molecule has 2 aromatic heterocycles. The SMILES string of the molecule is O=c1oc2ccc(Br)cc2c(-c2cccs2)c1-c1ccc(Br)cc1. The van der Waals surface area contributed by atoms with Gasteiger partial charge in [0.2, 0.25) is 0 Å². The molecule has 4 aromatic rings. The smallest absolute Gasteiger partial charge is 0.344 e. The van der Waals surface area contributed by atoms with Gasteiger partial charge < -0.3 is 4.42 Å². The largest absolute Gasteiger partial charge is 0.422 e. The molecule has 0 atom stereocenters. The normalized spacial score (nSPS) is 11.1. The summed E-state index contributed by atoms with van der Waals surface area (Å²) >= 11 is 8.57. The van der Waals surface area contributed by atoms with Gasteiger partial charge in [0.05, 0.1) is 5.56 Å². The van der Waals surface area contributed by atoms with Crippen molar-refractivity contribution in [1.29, 1.82) is 0 Å². The van der Waals surface area contributed by atoms with Crippen molar-refractivity contribution < 1.29 is 4.42 Å². The van der Waals surface area contributed by atoms with Gasteiger partial charge in [-0.25, -0.2) is 4.79 Å². The summed E-state index contributed by atoms with van der Waals surface area (Å²) in [5.74, 6) is 0. The van der Waals surface area contributed by atoms with E-state index in [1.54, 1.807) is 11.3 Å². The van der Waals surface area contributed by atoms with Gasteiger partial charge in [-0.05, 0) is 47.3 Å². The van der Waals surface area contributed by atoms with Crippen LogP contribution in [-0.4, -0.2) is 0 Å². The van der Waals surface area contributed by atoms with Gasteiger partial charge in [-0.15, -0.1) is 11.3 Å². The minimum absolute atomic E-state index is 0.324. The Morgan fingerprint density at radius 1 is 0.875 bits per heavy atom. The second-order valence-electron chi connectivity index (χ2n) is 5.26. The zero-order valence-electron chi connectivity index (χ0n) is 12.3. The lowest BCUT2D eigenvalue weighted by Gasteiger charge is -2.11. The third kappa shape index (κ3) is 2.77. The summed E-state index contributed by atoms with van der Waals surface area (Å²) in [6.45, 7) is 0. The highest BCUT2D eigenvalue weighted by Gasteiger charge is 2.18. The molecule has 0 spiro atoms. The van der Waals surface area contributed by atoms with Crippen molar-refractivity contribution in [3.63, 3.8) is 0 Å². The molecule has 0 saturated carbocycles. The van der Waals surface area contributed by atoms with Gasteiger partial charge in [-0.1, -0.05) is 50.1 Å². The van der Waals surface area contributed by atoms with Crippen molar-refractivity contribution in [2.45, 2.75) is 0 Å². The van der Waals surface area contributed by atoms with Crippen molar-refractivity contribution in [3.05, 3.63) is 79.3 Å². The highest BCUT2D eigenvalue weighted by molar-refractivity contribution is 9.10. The third-order valence-corrected chi connectivity index (χ3v) is 5.68. The van der Waals surface area contributed by atoms with Gasteiger partial charge in [-0.2, -0.15) is 0 Å². The molecule has 2 nitrogen and oxygen atoms in total. The first-order valence-electron chi connectivity index (χ1n) is 7.19. The van der Waals surface area contributed by atoms with E-state index in [0.29, 0.717) is 11.1 Å². The molecule has 5 heteroatoms. The van der Waals surface area contributed by atoms with Crippen LogP contribution >= 0.6 is 43.2 Å². The molecule has 0 N–H and O–H groups in total. The Kier molecular flexibility index (Phi) is 4.16. The van der Waals surface area contributed by atoms with Crippen molar-refractivity contribution in [3.8, 4) is 21.6 Å². The average molecular weight is 462 g/mol. The Labute approximate surface area is 159 Å². The first-order valence-corrected chi connectivity index (χ1v) is 9.66. The molecule has 0 fully saturated rings. The predicted octanol–water partition coefficient (Wildman–Crippen LogP) is 6.71. The van der Waals surface area contributed by atoms with Gasteiger partial charge >= 0.3 is 5.63 Å². The summed E-state index contributed by atoms with van der Waals surface area (Å²) in [6, 6.07) is 17.4.